The molecular weight excluding hydrogens is 258 g/mol. The fraction of sp³-hybridized carbons (Fsp3) is 0.909. The zero-order chi connectivity index (χ0) is 11.3. The summed E-state index contributed by atoms with van der Waals surface area (Å²) < 4.78 is 4.68. The molecule has 3 nitrogen and oxygen atoms in total. The Morgan fingerprint density at radius 3 is 3.00 bits per heavy atom. The smallest absolute Gasteiger partial charge is 0.320 e. The number of halogens is 1. The van der Waals surface area contributed by atoms with Crippen LogP contribution in [0.15, 0.2) is 0 Å². The zero-order valence-corrected chi connectivity index (χ0v) is 11.1. The Balaban J connectivity index is 2.26. The Hall–Kier alpha value is -0.0900. The van der Waals surface area contributed by atoms with Crippen LogP contribution in [0, 0.1) is 5.92 Å². The highest BCUT2D eigenvalue weighted by atomic mass is 79.9. The number of likely N-dealkylation sites (tertiary alicyclic amines) is 1. The number of rotatable bonds is 5. The molecule has 0 radical (unpaired) electrons. The molecule has 1 heterocycles. The van der Waals surface area contributed by atoms with E-state index in [1.54, 1.807) is 0 Å². The molecule has 88 valence electrons. The van der Waals surface area contributed by atoms with E-state index in [0.29, 0.717) is 0 Å². The van der Waals surface area contributed by atoms with Gasteiger partial charge in [-0.3, -0.25) is 4.79 Å². The number of ether oxygens (including phenoxy) is 1. The van der Waals surface area contributed by atoms with Crippen LogP contribution in [0.2, 0.25) is 0 Å². The second kappa shape index (κ2) is 6.48. The maximum absolute atomic E-state index is 11.2. The van der Waals surface area contributed by atoms with E-state index in [1.807, 2.05) is 0 Å². The fourth-order valence-corrected chi connectivity index (χ4v) is 2.75. The van der Waals surface area contributed by atoms with Gasteiger partial charge in [0.05, 0.1) is 7.11 Å². The molecule has 0 aromatic heterocycles. The Kier molecular flexibility index (Phi) is 5.61. The first-order valence-corrected chi connectivity index (χ1v) is 6.53. The van der Waals surface area contributed by atoms with E-state index >= 15 is 0 Å². The standard InChI is InChI=1S/C11H20BrNO2/c1-3-4-9-5-6-13(7-9)8-10(12)11(14)15-2/h9-10H,3-8H2,1-2H3. The molecule has 0 saturated carbocycles. The third-order valence-corrected chi connectivity index (χ3v) is 3.61. The van der Waals surface area contributed by atoms with Crippen molar-refractivity contribution in [2.45, 2.75) is 31.0 Å². The lowest BCUT2D eigenvalue weighted by atomic mass is 10.0. The van der Waals surface area contributed by atoms with Gasteiger partial charge in [-0.2, -0.15) is 0 Å². The average molecular weight is 278 g/mol. The highest BCUT2D eigenvalue weighted by Gasteiger charge is 2.25. The minimum Gasteiger partial charge on any atom is -0.468 e. The summed E-state index contributed by atoms with van der Waals surface area (Å²) in [6, 6.07) is 0. The van der Waals surface area contributed by atoms with Crippen LogP contribution in [0.25, 0.3) is 0 Å². The van der Waals surface area contributed by atoms with Crippen molar-refractivity contribution in [3.63, 3.8) is 0 Å². The van der Waals surface area contributed by atoms with E-state index in [9.17, 15) is 4.79 Å². The zero-order valence-electron chi connectivity index (χ0n) is 9.54. The van der Waals surface area contributed by atoms with E-state index in [0.717, 1.165) is 25.6 Å². The first-order valence-electron chi connectivity index (χ1n) is 5.61. The molecule has 1 rings (SSSR count). The molecular formula is C11H20BrNO2. The summed E-state index contributed by atoms with van der Waals surface area (Å²) in [5.41, 5.74) is 0. The molecule has 0 aromatic rings. The molecule has 1 fully saturated rings. The highest BCUT2D eigenvalue weighted by molar-refractivity contribution is 9.10. The van der Waals surface area contributed by atoms with Gasteiger partial charge in [-0.15, -0.1) is 0 Å². The molecule has 0 amide bonds. The number of hydrogen-bond donors (Lipinski definition) is 0. The Morgan fingerprint density at radius 1 is 1.67 bits per heavy atom. The lowest BCUT2D eigenvalue weighted by Gasteiger charge is -2.18. The molecule has 1 aliphatic heterocycles. The Morgan fingerprint density at radius 2 is 2.40 bits per heavy atom. The Labute approximate surface area is 100 Å². The molecule has 0 bridgehead atoms. The van der Waals surface area contributed by atoms with Gasteiger partial charge < -0.3 is 9.64 Å². The summed E-state index contributed by atoms with van der Waals surface area (Å²) in [7, 11) is 1.43. The van der Waals surface area contributed by atoms with Gasteiger partial charge in [0.15, 0.2) is 0 Å². The summed E-state index contributed by atoms with van der Waals surface area (Å²) in [4.78, 5) is 13.4. The largest absolute Gasteiger partial charge is 0.468 e. The summed E-state index contributed by atoms with van der Waals surface area (Å²) in [5.74, 6) is 0.654. The van der Waals surface area contributed by atoms with Crippen molar-refractivity contribution in [3.8, 4) is 0 Å². The minimum absolute atomic E-state index is 0.172. The summed E-state index contributed by atoms with van der Waals surface area (Å²) in [6.45, 7) is 5.24. The Bertz CT molecular complexity index is 211. The number of hydrogen-bond acceptors (Lipinski definition) is 3. The van der Waals surface area contributed by atoms with Gasteiger partial charge in [-0.1, -0.05) is 29.3 Å². The monoisotopic (exact) mass is 277 g/mol. The predicted octanol–water partition coefficient (Wildman–Crippen LogP) is 2.04. The van der Waals surface area contributed by atoms with Crippen LogP contribution in [-0.2, 0) is 9.53 Å². The number of methoxy groups -OCH3 is 1. The van der Waals surface area contributed by atoms with Gasteiger partial charge in [0.25, 0.3) is 0 Å². The first-order chi connectivity index (χ1) is 7.17. The van der Waals surface area contributed by atoms with Crippen molar-refractivity contribution in [2.75, 3.05) is 26.7 Å². The number of esters is 1. The van der Waals surface area contributed by atoms with Crippen LogP contribution < -0.4 is 0 Å². The SMILES string of the molecule is CCCC1CCN(CC(Br)C(=O)OC)C1. The molecule has 0 aromatic carbocycles. The number of alkyl halides is 1. The van der Waals surface area contributed by atoms with Crippen molar-refractivity contribution in [3.05, 3.63) is 0 Å². The quantitative estimate of drug-likeness (QED) is 0.569. The van der Waals surface area contributed by atoms with Gasteiger partial charge in [-0.05, 0) is 25.3 Å². The maximum Gasteiger partial charge on any atom is 0.320 e. The van der Waals surface area contributed by atoms with Gasteiger partial charge in [0.2, 0.25) is 0 Å². The van der Waals surface area contributed by atoms with Gasteiger partial charge in [0, 0.05) is 13.1 Å². The van der Waals surface area contributed by atoms with Crippen LogP contribution in [0.1, 0.15) is 26.2 Å². The van der Waals surface area contributed by atoms with Crippen molar-refractivity contribution < 1.29 is 9.53 Å². The van der Waals surface area contributed by atoms with E-state index in [-0.39, 0.29) is 10.8 Å². The molecule has 1 saturated heterocycles. The number of carbonyl (C=O) groups is 1. The topological polar surface area (TPSA) is 29.5 Å². The normalized spacial score (nSPS) is 24.1. The van der Waals surface area contributed by atoms with Crippen LogP contribution >= 0.6 is 15.9 Å². The molecule has 0 aliphatic carbocycles. The second-order valence-electron chi connectivity index (χ2n) is 4.19. The summed E-state index contributed by atoms with van der Waals surface area (Å²) >= 11 is 3.36. The molecule has 4 heteroatoms. The van der Waals surface area contributed by atoms with Crippen LogP contribution in [-0.4, -0.2) is 42.4 Å². The molecule has 2 unspecified atom stereocenters. The lowest BCUT2D eigenvalue weighted by Crippen LogP contribution is -2.32. The van der Waals surface area contributed by atoms with Crippen LogP contribution in [0.5, 0.6) is 0 Å². The van der Waals surface area contributed by atoms with Crippen molar-refractivity contribution in [1.82, 2.24) is 4.90 Å². The van der Waals surface area contributed by atoms with Crippen LogP contribution in [0.4, 0.5) is 0 Å². The van der Waals surface area contributed by atoms with Gasteiger partial charge in [-0.25, -0.2) is 0 Å². The van der Waals surface area contributed by atoms with E-state index in [1.165, 1.54) is 26.4 Å². The van der Waals surface area contributed by atoms with E-state index in [2.05, 4.69) is 32.5 Å². The molecule has 0 N–H and O–H groups in total. The van der Waals surface area contributed by atoms with Crippen LogP contribution in [0.3, 0.4) is 0 Å². The highest BCUT2D eigenvalue weighted by Crippen LogP contribution is 2.21. The third kappa shape index (κ3) is 4.11. The van der Waals surface area contributed by atoms with E-state index < -0.39 is 0 Å². The lowest BCUT2D eigenvalue weighted by molar-refractivity contribution is -0.140. The number of carbonyl (C=O) groups excluding carboxylic acids is 1. The number of nitrogens with zero attached hydrogens (tertiary/aromatic N) is 1. The predicted molar refractivity (Wildman–Crippen MR) is 64.2 cm³/mol. The minimum atomic E-state index is -0.178. The molecule has 15 heavy (non-hydrogen) atoms. The molecule has 0 spiro atoms. The van der Waals surface area contributed by atoms with E-state index in [4.69, 9.17) is 0 Å². The summed E-state index contributed by atoms with van der Waals surface area (Å²) in [5, 5.41) is 0. The second-order valence-corrected chi connectivity index (χ2v) is 5.30. The molecule has 2 atom stereocenters. The van der Waals surface area contributed by atoms with Crippen molar-refractivity contribution in [2.24, 2.45) is 5.92 Å². The average Bonchev–Trinajstić information content (AvgIpc) is 2.65. The fourth-order valence-electron chi connectivity index (χ4n) is 2.15. The van der Waals surface area contributed by atoms with Crippen molar-refractivity contribution in [1.29, 1.82) is 0 Å². The van der Waals surface area contributed by atoms with Gasteiger partial charge in [0.1, 0.15) is 4.83 Å². The first kappa shape index (κ1) is 13.0. The maximum atomic E-state index is 11.2. The summed E-state index contributed by atoms with van der Waals surface area (Å²) in [6.07, 6.45) is 3.84. The third-order valence-electron chi connectivity index (χ3n) is 2.94. The van der Waals surface area contributed by atoms with Crippen molar-refractivity contribution >= 4 is 21.9 Å². The van der Waals surface area contributed by atoms with Gasteiger partial charge >= 0.3 is 5.97 Å². The molecule has 1 aliphatic rings.